The van der Waals surface area contributed by atoms with Crippen molar-refractivity contribution >= 4 is 128 Å². The number of halogens is 2. The normalized spacial score (nSPS) is 26.2. The summed E-state index contributed by atoms with van der Waals surface area (Å²) in [5.41, 5.74) is 6.10. The second-order valence-electron chi connectivity index (χ2n) is 19.9. The summed E-state index contributed by atoms with van der Waals surface area (Å²) in [7, 11) is 7.79. The lowest BCUT2D eigenvalue weighted by atomic mass is 10.1. The Morgan fingerprint density at radius 1 is 0.765 bits per heavy atom. The minimum Gasteiger partial charge on any atom is -0.449 e. The molecule has 0 bridgehead atoms. The molecule has 4 aliphatic rings. The fourth-order valence-corrected chi connectivity index (χ4v) is 13.9. The first-order chi connectivity index (χ1) is 40.3. The number of carbonyl (C=O) groups is 6. The Kier molecular flexibility index (Phi) is 22.2. The first-order valence-corrected chi connectivity index (χ1v) is 33.5. The summed E-state index contributed by atoms with van der Waals surface area (Å²) in [5.74, 6) is -0.723. The maximum Gasteiger partial charge on any atom is 0.412 e. The second kappa shape index (κ2) is 28.7. The van der Waals surface area contributed by atoms with E-state index in [1.807, 2.05) is 13.8 Å². The van der Waals surface area contributed by atoms with Gasteiger partial charge in [0.2, 0.25) is 11.8 Å². The van der Waals surface area contributed by atoms with Crippen molar-refractivity contribution in [1.82, 2.24) is 58.6 Å². The lowest BCUT2D eigenvalue weighted by Gasteiger charge is -2.29. The number of imide groups is 1. The highest BCUT2D eigenvalue weighted by molar-refractivity contribution is 8.77. The maximum absolute atomic E-state index is 16.6. The van der Waals surface area contributed by atoms with Crippen LogP contribution in [0.25, 0.3) is 22.3 Å². The molecule has 0 saturated carbocycles. The highest BCUT2D eigenvalue weighted by Gasteiger charge is 2.54. The fraction of sp³-hybridized carbons (Fsp3) is 0.609. The third kappa shape index (κ3) is 16.9. The van der Waals surface area contributed by atoms with Gasteiger partial charge in [-0.25, -0.2) is 48.3 Å². The molecule has 8 heterocycles. The lowest BCUT2D eigenvalue weighted by molar-refractivity contribution is -0.138. The van der Waals surface area contributed by atoms with Crippen LogP contribution >= 0.6 is 35.0 Å². The number of rotatable bonds is 23. The summed E-state index contributed by atoms with van der Waals surface area (Å²) < 4.78 is 85.4. The van der Waals surface area contributed by atoms with E-state index in [2.05, 4.69) is 35.2 Å². The summed E-state index contributed by atoms with van der Waals surface area (Å²) in [6, 6.07) is 0. The van der Waals surface area contributed by atoms with E-state index in [9.17, 15) is 38.6 Å². The van der Waals surface area contributed by atoms with E-state index in [4.69, 9.17) is 71.1 Å². The molecule has 4 aromatic rings. The van der Waals surface area contributed by atoms with E-state index in [1.54, 1.807) is 29.8 Å². The number of carbonyl (C=O) groups excluding carboxylic acids is 6. The molecule has 0 radical (unpaired) electrons. The lowest BCUT2D eigenvalue weighted by Crippen LogP contribution is -2.38. The van der Waals surface area contributed by atoms with E-state index in [-0.39, 0.29) is 103 Å². The maximum atomic E-state index is 16.6. The van der Waals surface area contributed by atoms with Gasteiger partial charge < -0.3 is 63.0 Å². The van der Waals surface area contributed by atoms with Gasteiger partial charge in [-0.15, -0.1) is 0 Å². The zero-order valence-corrected chi connectivity index (χ0v) is 51.3. The van der Waals surface area contributed by atoms with Gasteiger partial charge in [0.15, 0.2) is 53.2 Å². The molecule has 0 aliphatic carbocycles. The van der Waals surface area contributed by atoms with Gasteiger partial charge >= 0.3 is 25.6 Å². The summed E-state index contributed by atoms with van der Waals surface area (Å²) >= 11 is 10.5. The number of nitrogens with zero attached hydrogens (tertiary/aromatic N) is 12. The van der Waals surface area contributed by atoms with Crippen LogP contribution in [0.2, 0.25) is 0 Å². The standard InChI is InChI=1S/C46H62F2N14O17P2S4/c1-46(2,10-8-28(63)57(3)11-12-58(4)29(64)9-15-71-16-14-60-30(65)6-7-31(60)66)85-84-19-18-73-45(68)59(5)13-17-72-44(67)56-39-35-41(53-23-51-39)62(25-55-35)43-33(48)37-27(77-43)21-75-80(69,82)78-36-26(20-74-81(70,83)79-37)76-42(32(36)47)61-24-54-34-38(49)50-22-52-40(34)61/h6-7,22-27,32-33,36-37,42-43H,8-21H2,1-5H3,(H,69,82)(H,70,83)(H2,49,50,52)(H,51,53,56,67)/t26-,27-,32-,33-,36-,37-,42-,43-,80?,81?/m1/s1. The van der Waals surface area contributed by atoms with Crippen LogP contribution in [0.1, 0.15) is 45.6 Å². The topological polar surface area (TPSA) is 364 Å². The Bertz CT molecular complexity index is 3210. The quantitative estimate of drug-likeness (QED) is 0.0359. The molecule has 2 unspecified atom stereocenters. The molecule has 31 nitrogen and oxygen atoms in total. The summed E-state index contributed by atoms with van der Waals surface area (Å²) in [5, 5.41) is 2.45. The van der Waals surface area contributed by atoms with Crippen LogP contribution < -0.4 is 11.1 Å². The van der Waals surface area contributed by atoms with E-state index < -0.39 is 99.9 Å². The SMILES string of the molecule is CN(CCN(C)C(=O)CCC(C)(C)SSCCOC(=O)N(C)CCOC(=O)Nc1ncnc2c1ncn2[C@@H]1O[C@@H]2COP(O)(=S)O[C@H]3[C@@H](F)[C@H](n4cnc5c(N)ncnc54)O[C@@H]3COP(O)(=S)O[C@H]2[C@H]1F)C(=O)CCOCCN1C(=O)C=CC1=O. The molecule has 0 spiro atoms. The number of hydrogen-bond donors (Lipinski definition) is 4. The van der Waals surface area contributed by atoms with Crippen molar-refractivity contribution in [2.75, 3.05) is 104 Å². The Labute approximate surface area is 502 Å². The number of likely N-dealkylation sites (N-methyl/N-ethyl adjacent to an activating group) is 3. The Balaban J connectivity index is 0.728. The number of aromatic nitrogens is 8. The zero-order chi connectivity index (χ0) is 61.4. The first-order valence-electron chi connectivity index (χ1n) is 26.0. The molecule has 8 rings (SSSR count). The van der Waals surface area contributed by atoms with Crippen LogP contribution in [0, 0.1) is 0 Å². The third-order valence-corrected chi connectivity index (χ3v) is 19.8. The number of nitrogen functional groups attached to an aromatic ring is 1. The van der Waals surface area contributed by atoms with Gasteiger partial charge in [-0.3, -0.25) is 47.6 Å². The zero-order valence-electron chi connectivity index (χ0n) is 46.2. The predicted octanol–water partition coefficient (Wildman–Crippen LogP) is 2.78. The Morgan fingerprint density at radius 3 is 1.92 bits per heavy atom. The van der Waals surface area contributed by atoms with Gasteiger partial charge in [-0.2, -0.15) is 0 Å². The van der Waals surface area contributed by atoms with Crippen LogP contribution in [0.15, 0.2) is 37.5 Å². The molecule has 4 aliphatic heterocycles. The van der Waals surface area contributed by atoms with Crippen LogP contribution in [-0.4, -0.2) is 238 Å². The van der Waals surface area contributed by atoms with E-state index in [0.717, 1.165) is 28.4 Å². The largest absolute Gasteiger partial charge is 0.449 e. The molecule has 3 saturated heterocycles. The number of nitrogens with two attached hydrogens (primary N) is 1. The monoisotopic (exact) mass is 1310 g/mol. The number of amides is 6. The molecular formula is C46H62F2N14O17P2S4. The summed E-state index contributed by atoms with van der Waals surface area (Å²) in [6.07, 6.45) is -7.33. The molecule has 39 heteroatoms. The van der Waals surface area contributed by atoms with E-state index >= 15 is 8.78 Å². The van der Waals surface area contributed by atoms with E-state index in [0.29, 0.717) is 25.3 Å². The summed E-state index contributed by atoms with van der Waals surface area (Å²) in [6.45, 7) is -5.43. The van der Waals surface area contributed by atoms with Gasteiger partial charge in [0.25, 0.3) is 11.8 Å². The van der Waals surface area contributed by atoms with Crippen molar-refractivity contribution < 1.29 is 89.1 Å². The minimum atomic E-state index is -4.40. The van der Waals surface area contributed by atoms with Gasteiger partial charge in [0, 0.05) is 63.3 Å². The van der Waals surface area contributed by atoms with Crippen LogP contribution in [0.4, 0.5) is 30.0 Å². The number of hydrogen-bond acceptors (Lipinski definition) is 26. The number of ether oxygens (including phenoxy) is 5. The first kappa shape index (κ1) is 65.7. The number of alkyl halides is 2. The van der Waals surface area contributed by atoms with Gasteiger partial charge in [0.1, 0.15) is 55.8 Å². The molecular weight excluding hydrogens is 1250 g/mol. The van der Waals surface area contributed by atoms with Gasteiger partial charge in [-0.1, -0.05) is 21.6 Å². The van der Waals surface area contributed by atoms with Crippen molar-refractivity contribution in [3.63, 3.8) is 0 Å². The molecule has 85 heavy (non-hydrogen) atoms. The average molecular weight is 1310 g/mol. The minimum absolute atomic E-state index is 0.0232. The van der Waals surface area contributed by atoms with Crippen molar-refractivity contribution in [3.8, 4) is 0 Å². The van der Waals surface area contributed by atoms with Crippen molar-refractivity contribution in [1.29, 1.82) is 0 Å². The van der Waals surface area contributed by atoms with Crippen molar-refractivity contribution in [2.45, 2.75) is 87.1 Å². The van der Waals surface area contributed by atoms with Gasteiger partial charge in [-0.05, 0) is 43.9 Å². The third-order valence-electron chi connectivity index (χ3n) is 13.4. The number of anilines is 2. The Morgan fingerprint density at radius 2 is 1.32 bits per heavy atom. The van der Waals surface area contributed by atoms with E-state index in [1.165, 1.54) is 50.7 Å². The smallest absolute Gasteiger partial charge is 0.412 e. The predicted molar refractivity (Wildman–Crippen MR) is 306 cm³/mol. The number of fused-ring (bicyclic) bond motifs is 4. The molecule has 0 aromatic carbocycles. The number of imidazole rings is 2. The average Bonchev–Trinajstić information content (AvgIpc) is 2.09. The highest BCUT2D eigenvalue weighted by atomic mass is 33.1. The summed E-state index contributed by atoms with van der Waals surface area (Å²) in [4.78, 5) is 127. The highest BCUT2D eigenvalue weighted by Crippen LogP contribution is 2.55. The van der Waals surface area contributed by atoms with Crippen LogP contribution in [-0.2, 0) is 84.6 Å². The van der Waals surface area contributed by atoms with Crippen molar-refractivity contribution in [2.24, 2.45) is 0 Å². The Hall–Kier alpha value is -5.24. The molecule has 466 valence electrons. The second-order valence-corrected chi connectivity index (χ2v) is 28.6. The van der Waals surface area contributed by atoms with Gasteiger partial charge in [0.05, 0.1) is 58.6 Å². The molecule has 5 N–H and O–H groups in total. The van der Waals surface area contributed by atoms with Crippen LogP contribution in [0.5, 0.6) is 0 Å². The molecule has 10 atom stereocenters. The molecule has 3 fully saturated rings. The molecule has 4 aromatic heterocycles. The fourth-order valence-electron chi connectivity index (χ4n) is 8.67. The van der Waals surface area contributed by atoms with Crippen molar-refractivity contribution in [3.05, 3.63) is 37.5 Å². The number of nitrogens with one attached hydrogen (secondary N) is 1. The molecule has 6 amide bonds. The van der Waals surface area contributed by atoms with Crippen LogP contribution in [0.3, 0.4) is 0 Å².